The Morgan fingerprint density at radius 3 is 2.47 bits per heavy atom. The zero-order chi connectivity index (χ0) is 13.9. The summed E-state index contributed by atoms with van der Waals surface area (Å²) in [6.07, 6.45) is 9.77. The van der Waals surface area contributed by atoms with Crippen molar-refractivity contribution in [2.24, 2.45) is 5.92 Å². The van der Waals surface area contributed by atoms with Crippen molar-refractivity contribution in [1.29, 1.82) is 0 Å². The van der Waals surface area contributed by atoms with Crippen LogP contribution in [0.15, 0.2) is 0 Å². The zero-order valence-corrected chi connectivity index (χ0v) is 13.5. The Hall–Kier alpha value is -0.0800. The predicted molar refractivity (Wildman–Crippen MR) is 83.5 cm³/mol. The van der Waals surface area contributed by atoms with Crippen LogP contribution in [0, 0.1) is 5.92 Å². The number of hydrogen-bond donors (Lipinski definition) is 1. The average molecular weight is 266 g/mol. The Labute approximate surface area is 120 Å². The molecule has 0 aliphatic carbocycles. The van der Waals surface area contributed by atoms with Gasteiger partial charge in [-0.1, -0.05) is 26.7 Å². The molecule has 2 atom stereocenters. The molecular weight excluding hydrogens is 232 g/mol. The van der Waals surface area contributed by atoms with Crippen LogP contribution in [0.4, 0.5) is 0 Å². The summed E-state index contributed by atoms with van der Waals surface area (Å²) in [5, 5.41) is 3.91. The lowest BCUT2D eigenvalue weighted by molar-refractivity contribution is 0.0555. The average Bonchev–Trinajstić information content (AvgIpc) is 2.40. The van der Waals surface area contributed by atoms with Gasteiger partial charge in [-0.3, -0.25) is 4.90 Å². The first-order valence-corrected chi connectivity index (χ1v) is 8.56. The quantitative estimate of drug-likeness (QED) is 0.832. The van der Waals surface area contributed by atoms with Gasteiger partial charge in [0, 0.05) is 17.6 Å². The minimum Gasteiger partial charge on any atom is -0.311 e. The van der Waals surface area contributed by atoms with Gasteiger partial charge in [0.25, 0.3) is 0 Å². The van der Waals surface area contributed by atoms with E-state index in [0.717, 1.165) is 12.0 Å². The molecule has 2 fully saturated rings. The molecule has 2 heterocycles. The van der Waals surface area contributed by atoms with E-state index in [2.05, 4.69) is 37.9 Å². The fraction of sp³-hybridized carbons (Fsp3) is 1.00. The van der Waals surface area contributed by atoms with E-state index in [1.54, 1.807) is 0 Å². The molecule has 2 aliphatic rings. The molecule has 112 valence electrons. The monoisotopic (exact) mass is 266 g/mol. The van der Waals surface area contributed by atoms with Crippen LogP contribution in [0.5, 0.6) is 0 Å². The van der Waals surface area contributed by atoms with E-state index in [0.29, 0.717) is 11.6 Å². The van der Waals surface area contributed by atoms with Gasteiger partial charge < -0.3 is 5.32 Å². The van der Waals surface area contributed by atoms with Crippen molar-refractivity contribution >= 4 is 0 Å². The molecule has 0 amide bonds. The van der Waals surface area contributed by atoms with E-state index >= 15 is 0 Å². The van der Waals surface area contributed by atoms with E-state index in [1.165, 1.54) is 58.0 Å². The van der Waals surface area contributed by atoms with Crippen LogP contribution >= 0.6 is 0 Å². The molecule has 2 rings (SSSR count). The summed E-state index contributed by atoms with van der Waals surface area (Å²) in [6, 6.07) is 1.51. The third kappa shape index (κ3) is 3.52. The molecule has 0 bridgehead atoms. The standard InChI is InChI=1S/C17H34N2/c1-14(2)17(10-6-7-11-18-17)13-16-9-5-8-12-19(16)15(3)4/h14-16,18H,5-13H2,1-4H3. The first-order valence-electron chi connectivity index (χ1n) is 8.56. The molecule has 2 nitrogen and oxygen atoms in total. The van der Waals surface area contributed by atoms with Crippen LogP contribution in [0.1, 0.15) is 72.6 Å². The minimum absolute atomic E-state index is 0.410. The zero-order valence-electron chi connectivity index (χ0n) is 13.5. The lowest BCUT2D eigenvalue weighted by atomic mass is 9.73. The highest BCUT2D eigenvalue weighted by Gasteiger charge is 2.39. The Morgan fingerprint density at radius 1 is 1.11 bits per heavy atom. The molecular formula is C17H34N2. The molecule has 0 spiro atoms. The maximum absolute atomic E-state index is 3.91. The lowest BCUT2D eigenvalue weighted by Crippen LogP contribution is -2.57. The molecule has 2 saturated heterocycles. The Morgan fingerprint density at radius 2 is 1.89 bits per heavy atom. The summed E-state index contributed by atoms with van der Waals surface area (Å²) in [5.74, 6) is 0.753. The van der Waals surface area contributed by atoms with Crippen LogP contribution in [-0.4, -0.2) is 35.6 Å². The molecule has 0 aromatic carbocycles. The Bertz CT molecular complexity index is 266. The SMILES string of the molecule is CC(C)N1CCCCC1CC1(C(C)C)CCCCN1. The lowest BCUT2D eigenvalue weighted by Gasteiger charge is -2.48. The molecule has 2 aliphatic heterocycles. The number of rotatable bonds is 4. The van der Waals surface area contributed by atoms with Gasteiger partial charge in [0.2, 0.25) is 0 Å². The topological polar surface area (TPSA) is 15.3 Å². The highest BCUT2D eigenvalue weighted by atomic mass is 15.2. The second-order valence-corrected chi connectivity index (χ2v) is 7.38. The fourth-order valence-corrected chi connectivity index (χ4v) is 4.24. The van der Waals surface area contributed by atoms with Gasteiger partial charge in [0.1, 0.15) is 0 Å². The van der Waals surface area contributed by atoms with Crippen molar-refractivity contribution in [2.45, 2.75) is 90.3 Å². The van der Waals surface area contributed by atoms with E-state index < -0.39 is 0 Å². The first kappa shape index (κ1) is 15.3. The summed E-state index contributed by atoms with van der Waals surface area (Å²) in [5.41, 5.74) is 0.410. The molecule has 0 aromatic heterocycles. The van der Waals surface area contributed by atoms with Gasteiger partial charge in [-0.25, -0.2) is 0 Å². The van der Waals surface area contributed by atoms with Crippen molar-refractivity contribution in [2.75, 3.05) is 13.1 Å². The van der Waals surface area contributed by atoms with Crippen molar-refractivity contribution < 1.29 is 0 Å². The molecule has 1 N–H and O–H groups in total. The van der Waals surface area contributed by atoms with Crippen LogP contribution in [0.3, 0.4) is 0 Å². The molecule has 19 heavy (non-hydrogen) atoms. The normalized spacial score (nSPS) is 34.1. The molecule has 0 saturated carbocycles. The highest BCUT2D eigenvalue weighted by Crippen LogP contribution is 2.35. The molecule has 2 heteroatoms. The van der Waals surface area contributed by atoms with E-state index in [-0.39, 0.29) is 0 Å². The number of hydrogen-bond acceptors (Lipinski definition) is 2. The van der Waals surface area contributed by atoms with Gasteiger partial charge in [-0.15, -0.1) is 0 Å². The van der Waals surface area contributed by atoms with Crippen molar-refractivity contribution in [3.8, 4) is 0 Å². The van der Waals surface area contributed by atoms with Crippen molar-refractivity contribution in [1.82, 2.24) is 10.2 Å². The first-order chi connectivity index (χ1) is 9.05. The van der Waals surface area contributed by atoms with E-state index in [1.807, 2.05) is 0 Å². The van der Waals surface area contributed by atoms with E-state index in [9.17, 15) is 0 Å². The van der Waals surface area contributed by atoms with Crippen LogP contribution in [0.2, 0.25) is 0 Å². The summed E-state index contributed by atoms with van der Waals surface area (Å²) in [6.45, 7) is 12.1. The van der Waals surface area contributed by atoms with Crippen LogP contribution < -0.4 is 5.32 Å². The molecule has 0 aromatic rings. The summed E-state index contributed by atoms with van der Waals surface area (Å²) < 4.78 is 0. The van der Waals surface area contributed by atoms with Gasteiger partial charge in [-0.2, -0.15) is 0 Å². The van der Waals surface area contributed by atoms with Crippen LogP contribution in [-0.2, 0) is 0 Å². The number of likely N-dealkylation sites (tertiary alicyclic amines) is 1. The van der Waals surface area contributed by atoms with Crippen molar-refractivity contribution in [3.05, 3.63) is 0 Å². The van der Waals surface area contributed by atoms with E-state index in [4.69, 9.17) is 0 Å². The Balaban J connectivity index is 2.06. The highest BCUT2D eigenvalue weighted by molar-refractivity contribution is 4.98. The largest absolute Gasteiger partial charge is 0.311 e. The minimum atomic E-state index is 0.410. The second-order valence-electron chi connectivity index (χ2n) is 7.38. The number of piperidine rings is 2. The molecule has 0 radical (unpaired) electrons. The van der Waals surface area contributed by atoms with Crippen LogP contribution in [0.25, 0.3) is 0 Å². The third-order valence-corrected chi connectivity index (χ3v) is 5.57. The number of nitrogens with one attached hydrogen (secondary N) is 1. The second kappa shape index (κ2) is 6.58. The third-order valence-electron chi connectivity index (χ3n) is 5.57. The smallest absolute Gasteiger partial charge is 0.0219 e. The molecule has 2 unspecified atom stereocenters. The Kier molecular flexibility index (Phi) is 5.30. The van der Waals surface area contributed by atoms with Gasteiger partial charge in [0.05, 0.1) is 0 Å². The maximum Gasteiger partial charge on any atom is 0.0219 e. The fourth-order valence-electron chi connectivity index (χ4n) is 4.24. The van der Waals surface area contributed by atoms with Crippen molar-refractivity contribution in [3.63, 3.8) is 0 Å². The summed E-state index contributed by atoms with van der Waals surface area (Å²) >= 11 is 0. The van der Waals surface area contributed by atoms with Gasteiger partial charge >= 0.3 is 0 Å². The van der Waals surface area contributed by atoms with Gasteiger partial charge in [-0.05, 0) is 65.0 Å². The summed E-state index contributed by atoms with van der Waals surface area (Å²) in [4.78, 5) is 2.77. The summed E-state index contributed by atoms with van der Waals surface area (Å²) in [7, 11) is 0. The predicted octanol–water partition coefficient (Wildman–Crippen LogP) is 3.81. The number of nitrogens with zero attached hydrogens (tertiary/aromatic N) is 1. The van der Waals surface area contributed by atoms with Gasteiger partial charge in [0.15, 0.2) is 0 Å². The maximum atomic E-state index is 3.91.